The molecule has 6 nitrogen and oxygen atoms in total. The van der Waals surface area contributed by atoms with E-state index in [0.717, 1.165) is 25.8 Å². The van der Waals surface area contributed by atoms with E-state index in [2.05, 4.69) is 11.9 Å². The number of aliphatic hydroxyl groups is 1. The average molecular weight is 305 g/mol. The number of hydrogen-bond donors (Lipinski definition) is 2. The van der Waals surface area contributed by atoms with Gasteiger partial charge >= 0.3 is 0 Å². The summed E-state index contributed by atoms with van der Waals surface area (Å²) in [5.41, 5.74) is 0. The minimum atomic E-state index is -3.53. The van der Waals surface area contributed by atoms with Crippen molar-refractivity contribution < 1.29 is 13.5 Å². The van der Waals surface area contributed by atoms with Crippen LogP contribution in [0.5, 0.6) is 0 Å². The number of nitrogens with zero attached hydrogens (tertiary/aromatic N) is 2. The molecule has 2 N–H and O–H groups in total. The van der Waals surface area contributed by atoms with E-state index in [1.165, 1.54) is 4.31 Å². The fraction of sp³-hybridized carbons (Fsp3) is 0.846. The molecule has 20 heavy (non-hydrogen) atoms. The van der Waals surface area contributed by atoms with Crippen molar-refractivity contribution in [3.63, 3.8) is 0 Å². The minimum Gasteiger partial charge on any atom is -0.395 e. The Morgan fingerprint density at radius 3 is 2.85 bits per heavy atom. The highest BCUT2D eigenvalue weighted by Crippen LogP contribution is 2.22. The van der Waals surface area contributed by atoms with Crippen LogP contribution in [0.1, 0.15) is 26.2 Å². The van der Waals surface area contributed by atoms with Crippen LogP contribution in [-0.4, -0.2) is 67.5 Å². The van der Waals surface area contributed by atoms with Crippen molar-refractivity contribution in [2.45, 2.75) is 32.2 Å². The Kier molecular flexibility index (Phi) is 7.68. The molecule has 0 aromatic heterocycles. The van der Waals surface area contributed by atoms with Gasteiger partial charge in [0.1, 0.15) is 0 Å². The molecule has 0 saturated carbocycles. The summed E-state index contributed by atoms with van der Waals surface area (Å²) in [6.45, 7) is 7.82. The number of nitrogens with one attached hydrogen (secondary N) is 1. The molecule has 1 atom stereocenters. The monoisotopic (exact) mass is 305 g/mol. The van der Waals surface area contributed by atoms with Crippen LogP contribution in [0.3, 0.4) is 0 Å². The van der Waals surface area contributed by atoms with Crippen LogP contribution in [0.4, 0.5) is 0 Å². The summed E-state index contributed by atoms with van der Waals surface area (Å²) in [4.78, 5) is 0. The molecule has 0 spiro atoms. The van der Waals surface area contributed by atoms with Crippen molar-refractivity contribution in [2.75, 3.05) is 39.3 Å². The van der Waals surface area contributed by atoms with Gasteiger partial charge < -0.3 is 10.4 Å². The van der Waals surface area contributed by atoms with Crippen molar-refractivity contribution in [3.05, 3.63) is 12.7 Å². The van der Waals surface area contributed by atoms with Crippen LogP contribution in [0.25, 0.3) is 0 Å². The lowest BCUT2D eigenvalue weighted by Crippen LogP contribution is -2.54. The smallest absolute Gasteiger partial charge is 0.282 e. The first-order chi connectivity index (χ1) is 9.57. The molecule has 1 aliphatic heterocycles. The molecule has 1 saturated heterocycles. The highest BCUT2D eigenvalue weighted by Gasteiger charge is 2.35. The Morgan fingerprint density at radius 1 is 1.50 bits per heavy atom. The fourth-order valence-corrected chi connectivity index (χ4v) is 4.32. The van der Waals surface area contributed by atoms with Crippen molar-refractivity contribution in [1.29, 1.82) is 0 Å². The van der Waals surface area contributed by atoms with Gasteiger partial charge in [-0.15, -0.1) is 6.58 Å². The van der Waals surface area contributed by atoms with Crippen LogP contribution >= 0.6 is 0 Å². The number of hydrogen-bond acceptors (Lipinski definition) is 4. The van der Waals surface area contributed by atoms with Crippen LogP contribution in [0.2, 0.25) is 0 Å². The summed E-state index contributed by atoms with van der Waals surface area (Å²) >= 11 is 0. The van der Waals surface area contributed by atoms with Gasteiger partial charge in [-0.2, -0.15) is 17.0 Å². The number of aliphatic hydroxyl groups excluding tert-OH is 1. The molecule has 0 amide bonds. The summed E-state index contributed by atoms with van der Waals surface area (Å²) in [5.74, 6) is 0. The molecule has 1 rings (SSSR count). The van der Waals surface area contributed by atoms with E-state index in [-0.39, 0.29) is 25.7 Å². The summed E-state index contributed by atoms with van der Waals surface area (Å²) in [5, 5.41) is 12.3. The lowest BCUT2D eigenvalue weighted by molar-refractivity contribution is 0.214. The van der Waals surface area contributed by atoms with E-state index >= 15 is 0 Å². The zero-order chi connectivity index (χ0) is 15.0. The molecule has 0 aromatic carbocycles. The Labute approximate surface area is 122 Å². The van der Waals surface area contributed by atoms with E-state index in [9.17, 15) is 8.42 Å². The molecule has 1 fully saturated rings. The van der Waals surface area contributed by atoms with Gasteiger partial charge in [-0.1, -0.05) is 19.4 Å². The summed E-state index contributed by atoms with van der Waals surface area (Å²) in [7, 11) is -3.53. The molecular formula is C13H27N3O3S. The first-order valence-electron chi connectivity index (χ1n) is 7.27. The van der Waals surface area contributed by atoms with Crippen LogP contribution < -0.4 is 5.32 Å². The third-order valence-electron chi connectivity index (χ3n) is 3.51. The van der Waals surface area contributed by atoms with E-state index in [1.54, 1.807) is 10.4 Å². The second kappa shape index (κ2) is 8.74. The predicted molar refractivity (Wildman–Crippen MR) is 80.7 cm³/mol. The highest BCUT2D eigenvalue weighted by molar-refractivity contribution is 7.86. The lowest BCUT2D eigenvalue weighted by Gasteiger charge is -2.37. The Balaban J connectivity index is 2.86. The molecule has 7 heteroatoms. The minimum absolute atomic E-state index is 0.000270. The normalized spacial score (nSPS) is 21.2. The highest BCUT2D eigenvalue weighted by atomic mass is 32.2. The van der Waals surface area contributed by atoms with Gasteiger partial charge in [-0.05, 0) is 19.4 Å². The second-order valence-corrected chi connectivity index (χ2v) is 6.83. The zero-order valence-corrected chi connectivity index (χ0v) is 13.1. The number of piperidine rings is 1. The quantitative estimate of drug-likeness (QED) is 0.596. The van der Waals surface area contributed by atoms with Gasteiger partial charge in [-0.25, -0.2) is 0 Å². The Bertz CT molecular complexity index is 386. The first kappa shape index (κ1) is 17.6. The Hall–Kier alpha value is -0.470. The standard InChI is InChI=1S/C13H27N3O3S/c1-3-8-15(10-11-17)20(18,19)16-9-6-5-7-13(16)12-14-4-2/h3,13-14,17H,1,4-12H2,2H3. The largest absolute Gasteiger partial charge is 0.395 e. The summed E-state index contributed by atoms with van der Waals surface area (Å²) < 4.78 is 28.3. The van der Waals surface area contributed by atoms with Gasteiger partial charge in [0.15, 0.2) is 0 Å². The lowest BCUT2D eigenvalue weighted by atomic mass is 10.1. The van der Waals surface area contributed by atoms with Crippen LogP contribution in [0.15, 0.2) is 12.7 Å². The maximum Gasteiger partial charge on any atom is 0.282 e. The van der Waals surface area contributed by atoms with Crippen molar-refractivity contribution in [1.82, 2.24) is 13.9 Å². The molecule has 0 radical (unpaired) electrons. The van der Waals surface area contributed by atoms with Crippen LogP contribution in [-0.2, 0) is 10.2 Å². The molecule has 0 aliphatic carbocycles. The molecule has 1 aliphatic rings. The number of rotatable bonds is 9. The van der Waals surface area contributed by atoms with Gasteiger partial charge in [0.05, 0.1) is 6.61 Å². The summed E-state index contributed by atoms with van der Waals surface area (Å²) in [6.07, 6.45) is 4.39. The third-order valence-corrected chi connectivity index (χ3v) is 5.57. The van der Waals surface area contributed by atoms with Crippen LogP contribution in [0, 0.1) is 0 Å². The number of likely N-dealkylation sites (N-methyl/N-ethyl adjacent to an activating group) is 1. The average Bonchev–Trinajstić information content (AvgIpc) is 2.45. The molecule has 1 heterocycles. The van der Waals surface area contributed by atoms with E-state index < -0.39 is 10.2 Å². The van der Waals surface area contributed by atoms with E-state index in [0.29, 0.717) is 13.1 Å². The summed E-state index contributed by atoms with van der Waals surface area (Å²) in [6, 6.07) is -0.000270. The van der Waals surface area contributed by atoms with E-state index in [4.69, 9.17) is 5.11 Å². The van der Waals surface area contributed by atoms with Gasteiger partial charge in [-0.3, -0.25) is 0 Å². The van der Waals surface area contributed by atoms with Gasteiger partial charge in [0, 0.05) is 32.2 Å². The first-order valence-corrected chi connectivity index (χ1v) is 8.67. The SMILES string of the molecule is C=CCN(CCO)S(=O)(=O)N1CCCCC1CNCC. The maximum absolute atomic E-state index is 12.7. The van der Waals surface area contributed by atoms with Gasteiger partial charge in [0.2, 0.25) is 0 Å². The van der Waals surface area contributed by atoms with Crippen molar-refractivity contribution in [2.24, 2.45) is 0 Å². The third kappa shape index (κ3) is 4.53. The predicted octanol–water partition coefficient (Wildman–Crippen LogP) is 0.176. The van der Waals surface area contributed by atoms with Crippen molar-refractivity contribution in [3.8, 4) is 0 Å². The Morgan fingerprint density at radius 2 is 2.25 bits per heavy atom. The molecular weight excluding hydrogens is 278 g/mol. The zero-order valence-electron chi connectivity index (χ0n) is 12.3. The van der Waals surface area contributed by atoms with Gasteiger partial charge in [0.25, 0.3) is 10.2 Å². The second-order valence-electron chi connectivity index (χ2n) is 4.95. The maximum atomic E-state index is 12.7. The molecule has 1 unspecified atom stereocenters. The molecule has 118 valence electrons. The molecule has 0 bridgehead atoms. The topological polar surface area (TPSA) is 72.9 Å². The van der Waals surface area contributed by atoms with Crippen molar-refractivity contribution >= 4 is 10.2 Å². The fourth-order valence-electron chi connectivity index (χ4n) is 2.50. The molecule has 0 aromatic rings. The van der Waals surface area contributed by atoms with E-state index in [1.807, 2.05) is 6.92 Å².